The van der Waals surface area contributed by atoms with E-state index in [2.05, 4.69) is 36.7 Å². The fourth-order valence-electron chi connectivity index (χ4n) is 3.55. The molecule has 8 heteroatoms. The van der Waals surface area contributed by atoms with Crippen LogP contribution in [-0.2, 0) is 10.0 Å². The van der Waals surface area contributed by atoms with Crippen molar-refractivity contribution in [1.29, 1.82) is 0 Å². The Kier molecular flexibility index (Phi) is 5.15. The van der Waals surface area contributed by atoms with Gasteiger partial charge in [0.05, 0.1) is 11.9 Å². The van der Waals surface area contributed by atoms with Crippen LogP contribution < -0.4 is 9.62 Å². The van der Waals surface area contributed by atoms with Crippen molar-refractivity contribution in [2.24, 2.45) is 0 Å². The second-order valence-electron chi connectivity index (χ2n) is 6.89. The molecule has 0 saturated carbocycles. The van der Waals surface area contributed by atoms with E-state index in [1.807, 2.05) is 24.4 Å². The predicted molar refractivity (Wildman–Crippen MR) is 109 cm³/mol. The monoisotopic (exact) mass is 397 g/mol. The second kappa shape index (κ2) is 7.73. The highest BCUT2D eigenvalue weighted by atomic mass is 32.2. The Morgan fingerprint density at radius 3 is 2.64 bits per heavy atom. The van der Waals surface area contributed by atoms with Gasteiger partial charge in [0.2, 0.25) is 10.0 Å². The van der Waals surface area contributed by atoms with E-state index in [4.69, 9.17) is 0 Å². The minimum atomic E-state index is -3.47. The number of sulfonamides is 1. The van der Waals surface area contributed by atoms with Crippen molar-refractivity contribution in [2.75, 3.05) is 25.0 Å². The zero-order valence-electron chi connectivity index (χ0n) is 15.7. The fraction of sp³-hybridized carbons (Fsp3) is 0.300. The zero-order chi connectivity index (χ0) is 19.6. The number of pyridine rings is 1. The molecule has 0 aliphatic carbocycles. The fourth-order valence-corrected chi connectivity index (χ4v) is 4.23. The Labute approximate surface area is 164 Å². The molecule has 0 bridgehead atoms. The van der Waals surface area contributed by atoms with Gasteiger partial charge in [0.25, 0.3) is 0 Å². The first-order valence-corrected chi connectivity index (χ1v) is 10.8. The molecule has 3 aromatic rings. The van der Waals surface area contributed by atoms with Crippen molar-refractivity contribution in [2.45, 2.75) is 23.7 Å². The van der Waals surface area contributed by atoms with E-state index in [-0.39, 0.29) is 10.8 Å². The van der Waals surface area contributed by atoms with Crippen LogP contribution in [0.5, 0.6) is 0 Å². The van der Waals surface area contributed by atoms with Gasteiger partial charge in [-0.15, -0.1) is 0 Å². The van der Waals surface area contributed by atoms with Crippen LogP contribution in [0, 0.1) is 0 Å². The highest BCUT2D eigenvalue weighted by Crippen LogP contribution is 2.29. The predicted octanol–water partition coefficient (Wildman–Crippen LogP) is 2.76. The summed E-state index contributed by atoms with van der Waals surface area (Å²) in [7, 11) is -2.07. The minimum Gasteiger partial charge on any atom is -0.356 e. The van der Waals surface area contributed by atoms with Gasteiger partial charge in [-0.1, -0.05) is 30.3 Å². The Morgan fingerprint density at radius 2 is 1.93 bits per heavy atom. The lowest BCUT2D eigenvalue weighted by molar-refractivity contribution is 0.491. The van der Waals surface area contributed by atoms with Gasteiger partial charge in [-0.3, -0.25) is 0 Å². The highest BCUT2D eigenvalue weighted by Gasteiger charge is 2.25. The first-order chi connectivity index (χ1) is 13.6. The number of hydrogen-bond acceptors (Lipinski definition) is 5. The SMILES string of the molecule is CNS(=O)(=O)c1ccc(N2CCCC(c3ncc(-c4ccccc4)[nH]3)C2)nc1. The molecule has 1 aliphatic heterocycles. The van der Waals surface area contributed by atoms with Crippen LogP contribution in [0.15, 0.2) is 59.8 Å². The summed E-state index contributed by atoms with van der Waals surface area (Å²) >= 11 is 0. The molecule has 3 heterocycles. The van der Waals surface area contributed by atoms with Gasteiger partial charge in [-0.05, 0) is 37.6 Å². The van der Waals surface area contributed by atoms with Gasteiger partial charge in [0.15, 0.2) is 0 Å². The lowest BCUT2D eigenvalue weighted by Gasteiger charge is -2.32. The van der Waals surface area contributed by atoms with Gasteiger partial charge in [0.1, 0.15) is 16.5 Å². The van der Waals surface area contributed by atoms with Crippen molar-refractivity contribution in [3.05, 3.63) is 60.7 Å². The molecule has 0 amide bonds. The van der Waals surface area contributed by atoms with Crippen molar-refractivity contribution >= 4 is 15.8 Å². The van der Waals surface area contributed by atoms with Gasteiger partial charge < -0.3 is 9.88 Å². The van der Waals surface area contributed by atoms with E-state index in [1.54, 1.807) is 12.1 Å². The highest BCUT2D eigenvalue weighted by molar-refractivity contribution is 7.89. The molecule has 2 N–H and O–H groups in total. The Balaban J connectivity index is 1.50. The Morgan fingerprint density at radius 1 is 1.11 bits per heavy atom. The van der Waals surface area contributed by atoms with E-state index >= 15 is 0 Å². The summed E-state index contributed by atoms with van der Waals surface area (Å²) in [5.41, 5.74) is 2.14. The van der Waals surface area contributed by atoms with Crippen molar-refractivity contribution in [3.63, 3.8) is 0 Å². The summed E-state index contributed by atoms with van der Waals surface area (Å²) in [6.45, 7) is 1.70. The normalized spacial score (nSPS) is 17.6. The number of hydrogen-bond donors (Lipinski definition) is 2. The van der Waals surface area contributed by atoms with E-state index in [0.717, 1.165) is 48.8 Å². The summed E-state index contributed by atoms with van der Waals surface area (Å²) in [5.74, 6) is 2.06. The molecule has 7 nitrogen and oxygen atoms in total. The number of aromatic nitrogens is 3. The van der Waals surface area contributed by atoms with Gasteiger partial charge in [-0.2, -0.15) is 0 Å². The summed E-state index contributed by atoms with van der Waals surface area (Å²) in [6.07, 6.45) is 5.39. The number of imidazole rings is 1. The molecular weight excluding hydrogens is 374 g/mol. The molecular formula is C20H23N5O2S. The van der Waals surface area contributed by atoms with Gasteiger partial charge in [0, 0.05) is 25.2 Å². The lowest BCUT2D eigenvalue weighted by atomic mass is 9.97. The number of piperidine rings is 1. The number of nitrogens with one attached hydrogen (secondary N) is 2. The summed E-state index contributed by atoms with van der Waals surface area (Å²) < 4.78 is 26.0. The van der Waals surface area contributed by atoms with E-state index in [9.17, 15) is 8.42 Å². The van der Waals surface area contributed by atoms with Crippen LogP contribution in [0.2, 0.25) is 0 Å². The Bertz CT molecular complexity index is 1030. The molecule has 1 aliphatic rings. The van der Waals surface area contributed by atoms with Crippen LogP contribution in [0.4, 0.5) is 5.82 Å². The van der Waals surface area contributed by atoms with Crippen LogP contribution in [0.1, 0.15) is 24.6 Å². The number of benzene rings is 1. The molecule has 1 fully saturated rings. The van der Waals surface area contributed by atoms with E-state index < -0.39 is 10.0 Å². The quantitative estimate of drug-likeness (QED) is 0.691. The third kappa shape index (κ3) is 3.79. The first-order valence-electron chi connectivity index (χ1n) is 9.32. The van der Waals surface area contributed by atoms with Gasteiger partial charge >= 0.3 is 0 Å². The standard InChI is InChI=1S/C20H23N5O2S/c1-21-28(26,27)17-9-10-19(22-12-17)25-11-5-8-16(14-25)20-23-13-18(24-20)15-6-3-2-4-7-15/h2-4,6-7,9-10,12-13,16,21H,5,8,11,14H2,1H3,(H,23,24). The van der Waals surface area contributed by atoms with Crippen molar-refractivity contribution in [1.82, 2.24) is 19.7 Å². The average molecular weight is 398 g/mol. The molecule has 1 aromatic carbocycles. The summed E-state index contributed by atoms with van der Waals surface area (Å²) in [5, 5.41) is 0. The smallest absolute Gasteiger partial charge is 0.241 e. The molecule has 1 atom stereocenters. The number of rotatable bonds is 5. The second-order valence-corrected chi connectivity index (χ2v) is 8.78. The average Bonchev–Trinajstić information content (AvgIpc) is 3.25. The lowest BCUT2D eigenvalue weighted by Crippen LogP contribution is -2.35. The Hall–Kier alpha value is -2.71. The molecule has 0 spiro atoms. The third-order valence-electron chi connectivity index (χ3n) is 5.11. The number of aromatic amines is 1. The van der Waals surface area contributed by atoms with E-state index in [1.165, 1.54) is 13.2 Å². The van der Waals surface area contributed by atoms with Crippen LogP contribution in [-0.4, -0.2) is 43.5 Å². The maximum absolute atomic E-state index is 11.9. The van der Waals surface area contributed by atoms with Crippen molar-refractivity contribution < 1.29 is 8.42 Å². The number of anilines is 1. The molecule has 146 valence electrons. The molecule has 1 unspecified atom stereocenters. The molecule has 28 heavy (non-hydrogen) atoms. The first kappa shape index (κ1) is 18.6. The summed E-state index contributed by atoms with van der Waals surface area (Å²) in [4.78, 5) is 14.8. The third-order valence-corrected chi connectivity index (χ3v) is 6.51. The molecule has 2 aromatic heterocycles. The van der Waals surface area contributed by atoms with Gasteiger partial charge in [-0.25, -0.2) is 23.1 Å². The maximum Gasteiger partial charge on any atom is 0.241 e. The molecule has 4 rings (SSSR count). The van der Waals surface area contributed by atoms with Crippen LogP contribution in [0.3, 0.4) is 0 Å². The topological polar surface area (TPSA) is 91.0 Å². The minimum absolute atomic E-state index is 0.172. The van der Waals surface area contributed by atoms with E-state index in [0.29, 0.717) is 0 Å². The number of H-pyrrole nitrogens is 1. The van der Waals surface area contributed by atoms with Crippen LogP contribution >= 0.6 is 0 Å². The van der Waals surface area contributed by atoms with Crippen molar-refractivity contribution in [3.8, 4) is 11.3 Å². The zero-order valence-corrected chi connectivity index (χ0v) is 16.5. The molecule has 0 radical (unpaired) electrons. The molecule has 1 saturated heterocycles. The van der Waals surface area contributed by atoms with Crippen LogP contribution in [0.25, 0.3) is 11.3 Å². The maximum atomic E-state index is 11.9. The largest absolute Gasteiger partial charge is 0.356 e. The number of nitrogens with zero attached hydrogens (tertiary/aromatic N) is 3. The summed E-state index contributed by atoms with van der Waals surface area (Å²) in [6, 6.07) is 13.5.